The molecule has 4 heteroatoms. The van der Waals surface area contributed by atoms with E-state index in [1.165, 1.54) is 0 Å². The second-order valence-electron chi connectivity index (χ2n) is 5.07. The first-order valence-electron chi connectivity index (χ1n) is 5.86. The summed E-state index contributed by atoms with van der Waals surface area (Å²) in [6, 6.07) is 4.31. The number of aryl methyl sites for hydroxylation is 1. The number of hydrogen-bond donors (Lipinski definition) is 1. The Morgan fingerprint density at radius 2 is 2.18 bits per heavy atom. The van der Waals surface area contributed by atoms with Gasteiger partial charge in [-0.2, -0.15) is 0 Å². The van der Waals surface area contributed by atoms with Gasteiger partial charge in [0, 0.05) is 25.0 Å². The van der Waals surface area contributed by atoms with Crippen LogP contribution in [0.1, 0.15) is 27.4 Å². The highest BCUT2D eigenvalue weighted by Crippen LogP contribution is 2.37. The maximum Gasteiger partial charge on any atom is 0.253 e. The molecule has 1 fully saturated rings. The molecule has 1 saturated heterocycles. The highest BCUT2D eigenvalue weighted by atomic mass is 35.5. The molecule has 2 aliphatic heterocycles. The zero-order valence-corrected chi connectivity index (χ0v) is 10.7. The maximum atomic E-state index is 12.1. The highest BCUT2D eigenvalue weighted by molar-refractivity contribution is 6.35. The van der Waals surface area contributed by atoms with Crippen LogP contribution in [0.15, 0.2) is 12.1 Å². The van der Waals surface area contributed by atoms with Gasteiger partial charge in [0.1, 0.15) is 0 Å². The van der Waals surface area contributed by atoms with E-state index in [0.29, 0.717) is 16.5 Å². The molecule has 0 aliphatic carbocycles. The molecular weight excluding hydrogens is 236 g/mol. The van der Waals surface area contributed by atoms with Crippen LogP contribution in [0.5, 0.6) is 0 Å². The lowest BCUT2D eigenvalue weighted by molar-refractivity contribution is 0.0923. The number of carbonyl (C=O) groups excluding carboxylic acids is 1. The lowest BCUT2D eigenvalue weighted by atomic mass is 9.85. The van der Waals surface area contributed by atoms with Gasteiger partial charge in [-0.05, 0) is 25.1 Å². The molecule has 2 heterocycles. The van der Waals surface area contributed by atoms with Crippen LogP contribution in [0, 0.1) is 6.92 Å². The van der Waals surface area contributed by atoms with Crippen molar-refractivity contribution in [1.82, 2.24) is 10.2 Å². The summed E-state index contributed by atoms with van der Waals surface area (Å²) >= 11 is 6.26. The van der Waals surface area contributed by atoms with Crippen LogP contribution in [0.4, 0.5) is 0 Å². The fraction of sp³-hybridized carbons (Fsp3) is 0.462. The summed E-state index contributed by atoms with van der Waals surface area (Å²) in [6.07, 6.45) is 0. The summed E-state index contributed by atoms with van der Waals surface area (Å²) in [7, 11) is 2.08. The average Bonchev–Trinajstić information content (AvgIpc) is 2.63. The zero-order valence-electron chi connectivity index (χ0n) is 9.96. The molecule has 1 amide bonds. The van der Waals surface area contributed by atoms with Gasteiger partial charge in [-0.15, -0.1) is 0 Å². The van der Waals surface area contributed by atoms with Crippen molar-refractivity contribution < 1.29 is 4.79 Å². The van der Waals surface area contributed by atoms with E-state index in [1.54, 1.807) is 0 Å². The lowest BCUT2D eigenvalue weighted by Gasteiger charge is -2.29. The molecule has 2 atom stereocenters. The van der Waals surface area contributed by atoms with Crippen LogP contribution in [0.3, 0.4) is 0 Å². The molecule has 2 aliphatic rings. The molecule has 0 unspecified atom stereocenters. The van der Waals surface area contributed by atoms with E-state index < -0.39 is 0 Å². The van der Waals surface area contributed by atoms with Crippen LogP contribution >= 0.6 is 11.6 Å². The Labute approximate surface area is 106 Å². The minimum absolute atomic E-state index is 0.0229. The molecule has 1 aromatic carbocycles. The molecule has 1 aromatic rings. The Morgan fingerprint density at radius 3 is 2.94 bits per heavy atom. The van der Waals surface area contributed by atoms with Crippen LogP contribution in [0.25, 0.3) is 0 Å². The van der Waals surface area contributed by atoms with Crippen LogP contribution in [-0.4, -0.2) is 37.0 Å². The normalized spacial score (nSPS) is 27.6. The number of hydrogen-bond acceptors (Lipinski definition) is 2. The average molecular weight is 251 g/mol. The number of likely N-dealkylation sites (N-methyl/N-ethyl adjacent to an activating group) is 1. The van der Waals surface area contributed by atoms with Crippen molar-refractivity contribution in [2.75, 3.05) is 20.1 Å². The first kappa shape index (κ1) is 11.1. The largest absolute Gasteiger partial charge is 0.347 e. The van der Waals surface area contributed by atoms with Crippen molar-refractivity contribution in [3.63, 3.8) is 0 Å². The standard InChI is InChI=1S/C13H15ClN2O/c1-7-3-4-8-9-5-16(2)6-10(9)15-13(17)11(8)12(7)14/h3-4,9-10H,5-6H2,1-2H3,(H,15,17)/t9-,10+/m1/s1. The van der Waals surface area contributed by atoms with Crippen molar-refractivity contribution in [3.8, 4) is 0 Å². The van der Waals surface area contributed by atoms with Crippen LogP contribution in [-0.2, 0) is 0 Å². The van der Waals surface area contributed by atoms with Crippen molar-refractivity contribution in [1.29, 1.82) is 0 Å². The van der Waals surface area contributed by atoms with Crippen molar-refractivity contribution in [3.05, 3.63) is 33.8 Å². The number of nitrogens with one attached hydrogen (secondary N) is 1. The summed E-state index contributed by atoms with van der Waals surface area (Å²) in [5, 5.41) is 3.67. The number of fused-ring (bicyclic) bond motifs is 3. The lowest BCUT2D eigenvalue weighted by Crippen LogP contribution is -2.44. The van der Waals surface area contributed by atoms with E-state index in [2.05, 4.69) is 23.3 Å². The van der Waals surface area contributed by atoms with Gasteiger partial charge in [-0.3, -0.25) is 4.79 Å². The van der Waals surface area contributed by atoms with Gasteiger partial charge in [0.2, 0.25) is 0 Å². The molecule has 0 bridgehead atoms. The fourth-order valence-corrected chi connectivity index (χ4v) is 3.20. The number of nitrogens with zero attached hydrogens (tertiary/aromatic N) is 1. The Morgan fingerprint density at radius 1 is 1.41 bits per heavy atom. The van der Waals surface area contributed by atoms with E-state index in [9.17, 15) is 4.79 Å². The quantitative estimate of drug-likeness (QED) is 0.762. The first-order chi connectivity index (χ1) is 8.08. The third-order valence-electron chi connectivity index (χ3n) is 3.81. The van der Waals surface area contributed by atoms with Gasteiger partial charge in [0.25, 0.3) is 5.91 Å². The van der Waals surface area contributed by atoms with Crippen molar-refractivity contribution >= 4 is 17.5 Å². The number of amides is 1. The van der Waals surface area contributed by atoms with Crippen LogP contribution in [0.2, 0.25) is 5.02 Å². The Kier molecular flexibility index (Phi) is 2.42. The Bertz CT molecular complexity index is 500. The second kappa shape index (κ2) is 3.72. The predicted molar refractivity (Wildman–Crippen MR) is 67.7 cm³/mol. The van der Waals surface area contributed by atoms with Gasteiger partial charge >= 0.3 is 0 Å². The summed E-state index contributed by atoms with van der Waals surface area (Å²) < 4.78 is 0. The summed E-state index contributed by atoms with van der Waals surface area (Å²) in [5.74, 6) is 0.357. The van der Waals surface area contributed by atoms with E-state index in [-0.39, 0.29) is 11.9 Å². The van der Waals surface area contributed by atoms with Gasteiger partial charge < -0.3 is 10.2 Å². The number of benzene rings is 1. The molecule has 90 valence electrons. The Balaban J connectivity index is 2.15. The minimum Gasteiger partial charge on any atom is -0.347 e. The topological polar surface area (TPSA) is 32.3 Å². The molecule has 0 spiro atoms. The number of carbonyl (C=O) groups is 1. The first-order valence-corrected chi connectivity index (χ1v) is 6.24. The monoisotopic (exact) mass is 250 g/mol. The van der Waals surface area contributed by atoms with E-state index in [1.807, 2.05) is 13.0 Å². The maximum absolute atomic E-state index is 12.1. The molecule has 0 radical (unpaired) electrons. The molecule has 1 N–H and O–H groups in total. The minimum atomic E-state index is -0.0229. The molecular formula is C13H15ClN2O. The molecule has 17 heavy (non-hydrogen) atoms. The van der Waals surface area contributed by atoms with E-state index >= 15 is 0 Å². The predicted octanol–water partition coefficient (Wildman–Crippen LogP) is 1.79. The van der Waals surface area contributed by atoms with Gasteiger partial charge in [-0.25, -0.2) is 0 Å². The molecule has 3 rings (SSSR count). The smallest absolute Gasteiger partial charge is 0.253 e. The highest BCUT2D eigenvalue weighted by Gasteiger charge is 2.40. The van der Waals surface area contributed by atoms with Crippen LogP contribution < -0.4 is 5.32 Å². The van der Waals surface area contributed by atoms with Gasteiger partial charge in [-0.1, -0.05) is 23.7 Å². The number of halogens is 1. The summed E-state index contributed by atoms with van der Waals surface area (Å²) in [4.78, 5) is 14.3. The fourth-order valence-electron chi connectivity index (χ4n) is 2.94. The molecule has 0 aromatic heterocycles. The van der Waals surface area contributed by atoms with Crippen molar-refractivity contribution in [2.45, 2.75) is 18.9 Å². The second-order valence-corrected chi connectivity index (χ2v) is 5.45. The zero-order chi connectivity index (χ0) is 12.2. The summed E-state index contributed by atoms with van der Waals surface area (Å²) in [6.45, 7) is 3.83. The van der Waals surface area contributed by atoms with Crippen molar-refractivity contribution in [2.24, 2.45) is 0 Å². The Hall–Kier alpha value is -1.06. The summed E-state index contributed by atoms with van der Waals surface area (Å²) in [5.41, 5.74) is 2.76. The van der Waals surface area contributed by atoms with E-state index in [0.717, 1.165) is 24.2 Å². The third kappa shape index (κ3) is 1.57. The van der Waals surface area contributed by atoms with Gasteiger partial charge in [0.05, 0.1) is 10.6 Å². The van der Waals surface area contributed by atoms with Gasteiger partial charge in [0.15, 0.2) is 0 Å². The molecule has 0 saturated carbocycles. The van der Waals surface area contributed by atoms with E-state index in [4.69, 9.17) is 11.6 Å². The number of rotatable bonds is 0. The molecule has 3 nitrogen and oxygen atoms in total. The third-order valence-corrected chi connectivity index (χ3v) is 4.30. The number of likely N-dealkylation sites (tertiary alicyclic amines) is 1. The SMILES string of the molecule is Cc1ccc2c(c1Cl)C(=O)N[C@H]1CN(C)C[C@H]21.